The highest BCUT2D eigenvalue weighted by molar-refractivity contribution is 7.17. The number of anilines is 1. The fraction of sp³-hybridized carbons (Fsp3) is 0.333. The number of carbonyl (C=O) groups is 1. The van der Waals surface area contributed by atoms with Gasteiger partial charge in [-0.15, -0.1) is 0 Å². The van der Waals surface area contributed by atoms with Gasteiger partial charge in [0.2, 0.25) is 0 Å². The van der Waals surface area contributed by atoms with Gasteiger partial charge in [0.15, 0.2) is 11.4 Å². The molecule has 0 aliphatic carbocycles. The number of rotatable bonds is 3. The fourth-order valence-corrected chi connectivity index (χ4v) is 1.27. The molecule has 0 aliphatic rings. The molecule has 1 N–H and O–H groups in total. The maximum Gasteiger partial charge on any atom is 0.183 e. The second-order valence-electron chi connectivity index (χ2n) is 1.72. The van der Waals surface area contributed by atoms with Crippen LogP contribution in [0.5, 0.6) is 0 Å². The lowest BCUT2D eigenvalue weighted by atomic mass is 10.6. The van der Waals surface area contributed by atoms with E-state index >= 15 is 0 Å². The second-order valence-corrected chi connectivity index (χ2v) is 2.78. The van der Waals surface area contributed by atoms with Gasteiger partial charge in [0, 0.05) is 6.54 Å². The molecule has 0 radical (unpaired) electrons. The van der Waals surface area contributed by atoms with Gasteiger partial charge in [0.05, 0.1) is 11.1 Å². The van der Waals surface area contributed by atoms with Gasteiger partial charge < -0.3 is 5.32 Å². The average molecular weight is 156 g/mol. The summed E-state index contributed by atoms with van der Waals surface area (Å²) >= 11 is 1.37. The molecule has 1 aromatic heterocycles. The third-order valence-electron chi connectivity index (χ3n) is 0.968. The number of thiazole rings is 1. The van der Waals surface area contributed by atoms with Crippen LogP contribution in [0, 0.1) is 0 Å². The first-order valence-electron chi connectivity index (χ1n) is 3.01. The zero-order valence-electron chi connectivity index (χ0n) is 5.63. The van der Waals surface area contributed by atoms with E-state index in [9.17, 15) is 4.79 Å². The van der Waals surface area contributed by atoms with Crippen molar-refractivity contribution < 1.29 is 4.79 Å². The van der Waals surface area contributed by atoms with Crippen LogP contribution in [0.3, 0.4) is 0 Å². The van der Waals surface area contributed by atoms with Crippen LogP contribution in [0.1, 0.15) is 16.6 Å². The van der Waals surface area contributed by atoms with Gasteiger partial charge in [-0.25, -0.2) is 4.98 Å². The Balaban J connectivity index is 2.68. The van der Waals surface area contributed by atoms with E-state index in [0.29, 0.717) is 4.88 Å². The van der Waals surface area contributed by atoms with Crippen molar-refractivity contribution in [3.8, 4) is 0 Å². The molecule has 0 saturated carbocycles. The highest BCUT2D eigenvalue weighted by Crippen LogP contribution is 2.14. The lowest BCUT2D eigenvalue weighted by Crippen LogP contribution is -1.94. The van der Waals surface area contributed by atoms with Gasteiger partial charge in [0.25, 0.3) is 0 Å². The quantitative estimate of drug-likeness (QED) is 0.672. The summed E-state index contributed by atoms with van der Waals surface area (Å²) in [6, 6.07) is 0. The molecule has 0 amide bonds. The molecule has 0 aromatic carbocycles. The number of aldehydes is 1. The van der Waals surface area contributed by atoms with E-state index < -0.39 is 0 Å². The lowest BCUT2D eigenvalue weighted by molar-refractivity contribution is 0.112. The fourth-order valence-electron chi connectivity index (χ4n) is 0.574. The Bertz CT molecular complexity index is 221. The topological polar surface area (TPSA) is 42.0 Å². The van der Waals surface area contributed by atoms with Crippen LogP contribution >= 0.6 is 11.3 Å². The number of nitrogens with one attached hydrogen (secondary N) is 1. The summed E-state index contributed by atoms with van der Waals surface area (Å²) in [6.45, 7) is 2.83. The second kappa shape index (κ2) is 3.31. The third kappa shape index (κ3) is 1.54. The smallest absolute Gasteiger partial charge is 0.183 e. The zero-order valence-corrected chi connectivity index (χ0v) is 6.44. The summed E-state index contributed by atoms with van der Waals surface area (Å²) in [7, 11) is 0. The highest BCUT2D eigenvalue weighted by Gasteiger charge is 1.96. The Labute approximate surface area is 63.1 Å². The summed E-state index contributed by atoms with van der Waals surface area (Å²) in [5.74, 6) is 0. The molecule has 0 spiro atoms. The Hall–Kier alpha value is -0.900. The van der Waals surface area contributed by atoms with Crippen molar-refractivity contribution in [2.24, 2.45) is 0 Å². The molecule has 4 heteroatoms. The zero-order chi connectivity index (χ0) is 7.40. The number of nitrogens with zero attached hydrogens (tertiary/aromatic N) is 1. The third-order valence-corrected chi connectivity index (χ3v) is 1.85. The van der Waals surface area contributed by atoms with Crippen molar-refractivity contribution in [3.05, 3.63) is 11.1 Å². The van der Waals surface area contributed by atoms with Gasteiger partial charge in [-0.1, -0.05) is 11.3 Å². The Morgan fingerprint density at radius 1 is 1.90 bits per heavy atom. The molecule has 0 saturated heterocycles. The average Bonchev–Trinajstić information content (AvgIpc) is 2.37. The van der Waals surface area contributed by atoms with Crippen LogP contribution in [0.25, 0.3) is 0 Å². The maximum absolute atomic E-state index is 10.2. The van der Waals surface area contributed by atoms with Gasteiger partial charge in [-0.3, -0.25) is 4.79 Å². The van der Waals surface area contributed by atoms with E-state index in [4.69, 9.17) is 0 Å². The molecule has 0 atom stereocenters. The molecule has 0 aliphatic heterocycles. The molecule has 0 fully saturated rings. The van der Waals surface area contributed by atoms with Crippen LogP contribution in [0.15, 0.2) is 6.20 Å². The molecule has 0 bridgehead atoms. The first kappa shape index (κ1) is 7.21. The summed E-state index contributed by atoms with van der Waals surface area (Å²) in [6.07, 6.45) is 2.37. The summed E-state index contributed by atoms with van der Waals surface area (Å²) < 4.78 is 0. The van der Waals surface area contributed by atoms with Gasteiger partial charge >= 0.3 is 0 Å². The molecule has 1 heterocycles. The molecule has 3 nitrogen and oxygen atoms in total. The predicted molar refractivity (Wildman–Crippen MR) is 41.7 cm³/mol. The van der Waals surface area contributed by atoms with Crippen molar-refractivity contribution >= 4 is 22.8 Å². The minimum atomic E-state index is 0.663. The normalized spacial score (nSPS) is 9.30. The van der Waals surface area contributed by atoms with E-state index in [0.717, 1.165) is 18.0 Å². The van der Waals surface area contributed by atoms with Crippen LogP contribution in [-0.2, 0) is 0 Å². The summed E-state index contributed by atoms with van der Waals surface area (Å²) in [5, 5.41) is 3.82. The van der Waals surface area contributed by atoms with E-state index in [1.807, 2.05) is 6.92 Å². The van der Waals surface area contributed by atoms with E-state index in [2.05, 4.69) is 10.3 Å². The van der Waals surface area contributed by atoms with E-state index in [-0.39, 0.29) is 0 Å². The van der Waals surface area contributed by atoms with Crippen molar-refractivity contribution in [2.45, 2.75) is 6.92 Å². The van der Waals surface area contributed by atoms with Gasteiger partial charge in [0.1, 0.15) is 0 Å². The van der Waals surface area contributed by atoms with Crippen molar-refractivity contribution in [2.75, 3.05) is 11.9 Å². The van der Waals surface area contributed by atoms with Gasteiger partial charge in [-0.2, -0.15) is 0 Å². The van der Waals surface area contributed by atoms with Crippen LogP contribution in [-0.4, -0.2) is 17.8 Å². The van der Waals surface area contributed by atoms with Crippen molar-refractivity contribution in [3.63, 3.8) is 0 Å². The van der Waals surface area contributed by atoms with Crippen molar-refractivity contribution in [1.29, 1.82) is 0 Å². The minimum Gasteiger partial charge on any atom is -0.362 e. The summed E-state index contributed by atoms with van der Waals surface area (Å²) in [5.41, 5.74) is 0. The summed E-state index contributed by atoms with van der Waals surface area (Å²) in [4.78, 5) is 14.8. The van der Waals surface area contributed by atoms with Gasteiger partial charge in [-0.05, 0) is 6.92 Å². The largest absolute Gasteiger partial charge is 0.362 e. The Morgan fingerprint density at radius 3 is 3.20 bits per heavy atom. The van der Waals surface area contributed by atoms with Crippen LogP contribution in [0.2, 0.25) is 0 Å². The number of hydrogen-bond acceptors (Lipinski definition) is 4. The molecular formula is C6H8N2OS. The van der Waals surface area contributed by atoms with Crippen LogP contribution in [0.4, 0.5) is 5.13 Å². The SMILES string of the molecule is CCNc1ncc(C=O)s1. The Morgan fingerprint density at radius 2 is 2.70 bits per heavy atom. The molecule has 0 unspecified atom stereocenters. The molecule has 1 rings (SSSR count). The molecule has 10 heavy (non-hydrogen) atoms. The van der Waals surface area contributed by atoms with E-state index in [1.54, 1.807) is 6.20 Å². The van der Waals surface area contributed by atoms with E-state index in [1.165, 1.54) is 11.3 Å². The first-order valence-corrected chi connectivity index (χ1v) is 3.83. The highest BCUT2D eigenvalue weighted by atomic mass is 32.1. The molecule has 54 valence electrons. The number of carbonyl (C=O) groups excluding carboxylic acids is 1. The minimum absolute atomic E-state index is 0.663. The monoisotopic (exact) mass is 156 g/mol. The van der Waals surface area contributed by atoms with Crippen molar-refractivity contribution in [1.82, 2.24) is 4.98 Å². The lowest BCUT2D eigenvalue weighted by Gasteiger charge is -1.91. The van der Waals surface area contributed by atoms with Crippen LogP contribution < -0.4 is 5.32 Å². The number of hydrogen-bond donors (Lipinski definition) is 1. The molecular weight excluding hydrogens is 148 g/mol. The molecule has 1 aromatic rings. The predicted octanol–water partition coefficient (Wildman–Crippen LogP) is 1.39. The first-order chi connectivity index (χ1) is 4.86. The Kier molecular flexibility index (Phi) is 2.39. The number of aromatic nitrogens is 1. The maximum atomic E-state index is 10.2. The standard InChI is InChI=1S/C6H8N2OS/c1-2-7-6-8-3-5(4-9)10-6/h3-4H,2H2,1H3,(H,7,8).